The standard InChI is InChI=1S/C16H17NO3/c18-15(17-11-16(19)20)7-3-4-12-8-9-13-5-1-2-6-14(13)10-12/h1-2,5-6,8-10H,3-4,7,11H2,(H,17,18)(H,19,20). The molecule has 0 aromatic heterocycles. The van der Waals surface area contributed by atoms with Gasteiger partial charge in [-0.05, 0) is 29.2 Å². The molecule has 0 fully saturated rings. The topological polar surface area (TPSA) is 66.4 Å². The van der Waals surface area contributed by atoms with Crippen LogP contribution in [0.25, 0.3) is 10.8 Å². The Hall–Kier alpha value is -2.36. The van der Waals surface area contributed by atoms with Crippen LogP contribution >= 0.6 is 0 Å². The minimum atomic E-state index is -1.02. The number of hydrogen-bond acceptors (Lipinski definition) is 2. The number of amides is 1. The summed E-state index contributed by atoms with van der Waals surface area (Å²) >= 11 is 0. The average molecular weight is 271 g/mol. The smallest absolute Gasteiger partial charge is 0.322 e. The molecule has 0 saturated carbocycles. The first-order valence-corrected chi connectivity index (χ1v) is 6.61. The molecule has 0 bridgehead atoms. The van der Waals surface area contributed by atoms with Gasteiger partial charge in [-0.1, -0.05) is 42.5 Å². The molecular formula is C16H17NO3. The first-order chi connectivity index (χ1) is 9.65. The highest BCUT2D eigenvalue weighted by Crippen LogP contribution is 2.16. The molecule has 4 heteroatoms. The van der Waals surface area contributed by atoms with E-state index in [4.69, 9.17) is 5.11 Å². The Balaban J connectivity index is 1.83. The third kappa shape index (κ3) is 4.09. The zero-order valence-electron chi connectivity index (χ0n) is 11.1. The molecule has 0 heterocycles. The van der Waals surface area contributed by atoms with Crippen molar-refractivity contribution in [2.24, 2.45) is 0 Å². The predicted molar refractivity (Wildman–Crippen MR) is 77.5 cm³/mol. The Bertz CT molecular complexity index is 622. The van der Waals surface area contributed by atoms with E-state index < -0.39 is 5.97 Å². The van der Waals surface area contributed by atoms with Gasteiger partial charge in [-0.2, -0.15) is 0 Å². The van der Waals surface area contributed by atoms with Crippen LogP contribution in [0.5, 0.6) is 0 Å². The number of nitrogens with one attached hydrogen (secondary N) is 1. The molecule has 1 amide bonds. The number of carbonyl (C=O) groups is 2. The Kier molecular flexibility index (Phi) is 4.71. The highest BCUT2D eigenvalue weighted by molar-refractivity contribution is 5.83. The van der Waals surface area contributed by atoms with E-state index in [2.05, 4.69) is 35.6 Å². The van der Waals surface area contributed by atoms with Crippen LogP contribution in [-0.4, -0.2) is 23.5 Å². The van der Waals surface area contributed by atoms with E-state index in [0.717, 1.165) is 6.42 Å². The molecule has 2 rings (SSSR count). The van der Waals surface area contributed by atoms with Crippen LogP contribution in [0.2, 0.25) is 0 Å². The van der Waals surface area contributed by atoms with Crippen LogP contribution in [-0.2, 0) is 16.0 Å². The van der Waals surface area contributed by atoms with Crippen molar-refractivity contribution in [3.8, 4) is 0 Å². The SMILES string of the molecule is O=C(O)CNC(=O)CCCc1ccc2ccccc2c1. The lowest BCUT2D eigenvalue weighted by Crippen LogP contribution is -2.28. The van der Waals surface area contributed by atoms with Gasteiger partial charge in [-0.25, -0.2) is 0 Å². The Morgan fingerprint density at radius 3 is 2.55 bits per heavy atom. The van der Waals surface area contributed by atoms with E-state index in [1.54, 1.807) is 0 Å². The molecule has 4 nitrogen and oxygen atoms in total. The molecule has 2 N–H and O–H groups in total. The minimum Gasteiger partial charge on any atom is -0.480 e. The van der Waals surface area contributed by atoms with Crippen molar-refractivity contribution >= 4 is 22.6 Å². The molecule has 0 saturated heterocycles. The van der Waals surface area contributed by atoms with Gasteiger partial charge < -0.3 is 10.4 Å². The Labute approximate surface area is 117 Å². The van der Waals surface area contributed by atoms with E-state index in [9.17, 15) is 9.59 Å². The van der Waals surface area contributed by atoms with Gasteiger partial charge in [-0.3, -0.25) is 9.59 Å². The fourth-order valence-corrected chi connectivity index (χ4v) is 2.11. The van der Waals surface area contributed by atoms with Gasteiger partial charge in [0, 0.05) is 6.42 Å². The maximum atomic E-state index is 11.4. The summed E-state index contributed by atoms with van der Waals surface area (Å²) in [5.74, 6) is -1.24. The van der Waals surface area contributed by atoms with Gasteiger partial charge in [0.2, 0.25) is 5.91 Å². The molecule has 0 aliphatic carbocycles. The zero-order chi connectivity index (χ0) is 14.4. The molecule has 0 unspecified atom stereocenters. The van der Waals surface area contributed by atoms with E-state index in [0.29, 0.717) is 12.8 Å². The normalized spacial score (nSPS) is 10.4. The molecule has 0 radical (unpaired) electrons. The molecule has 104 valence electrons. The number of hydrogen-bond donors (Lipinski definition) is 2. The van der Waals surface area contributed by atoms with Crippen molar-refractivity contribution in [2.75, 3.05) is 6.54 Å². The maximum absolute atomic E-state index is 11.4. The van der Waals surface area contributed by atoms with Crippen LogP contribution < -0.4 is 5.32 Å². The van der Waals surface area contributed by atoms with Crippen molar-refractivity contribution in [2.45, 2.75) is 19.3 Å². The van der Waals surface area contributed by atoms with Gasteiger partial charge >= 0.3 is 5.97 Å². The maximum Gasteiger partial charge on any atom is 0.322 e. The largest absolute Gasteiger partial charge is 0.480 e. The van der Waals surface area contributed by atoms with Crippen molar-refractivity contribution in [3.05, 3.63) is 48.0 Å². The van der Waals surface area contributed by atoms with Crippen molar-refractivity contribution in [1.29, 1.82) is 0 Å². The molecule has 20 heavy (non-hydrogen) atoms. The Morgan fingerprint density at radius 2 is 1.80 bits per heavy atom. The number of rotatable bonds is 6. The molecular weight excluding hydrogens is 254 g/mol. The van der Waals surface area contributed by atoms with Gasteiger partial charge in [-0.15, -0.1) is 0 Å². The zero-order valence-corrected chi connectivity index (χ0v) is 11.1. The molecule has 0 atom stereocenters. The molecule has 2 aromatic carbocycles. The summed E-state index contributed by atoms with van der Waals surface area (Å²) in [6, 6.07) is 14.4. The highest BCUT2D eigenvalue weighted by Gasteiger charge is 2.04. The Morgan fingerprint density at radius 1 is 1.05 bits per heavy atom. The molecule has 0 spiro atoms. The van der Waals surface area contributed by atoms with Crippen LogP contribution in [0.1, 0.15) is 18.4 Å². The molecule has 2 aromatic rings. The van der Waals surface area contributed by atoms with Crippen LogP contribution in [0.3, 0.4) is 0 Å². The summed E-state index contributed by atoms with van der Waals surface area (Å²) in [6.07, 6.45) is 1.87. The van der Waals surface area contributed by atoms with E-state index in [1.807, 2.05) is 12.1 Å². The lowest BCUT2D eigenvalue weighted by molar-refractivity contribution is -0.137. The number of aryl methyl sites for hydroxylation is 1. The first kappa shape index (κ1) is 14.1. The second-order valence-corrected chi connectivity index (χ2v) is 4.71. The third-order valence-electron chi connectivity index (χ3n) is 3.12. The number of carboxylic acid groups (broad SMARTS) is 1. The van der Waals surface area contributed by atoms with Gasteiger partial charge in [0.25, 0.3) is 0 Å². The monoisotopic (exact) mass is 271 g/mol. The van der Waals surface area contributed by atoms with E-state index >= 15 is 0 Å². The van der Waals surface area contributed by atoms with Crippen molar-refractivity contribution in [3.63, 3.8) is 0 Å². The third-order valence-corrected chi connectivity index (χ3v) is 3.12. The van der Waals surface area contributed by atoms with E-state index in [-0.39, 0.29) is 12.5 Å². The number of aliphatic carboxylic acids is 1. The van der Waals surface area contributed by atoms with E-state index in [1.165, 1.54) is 16.3 Å². The van der Waals surface area contributed by atoms with Crippen molar-refractivity contribution < 1.29 is 14.7 Å². The first-order valence-electron chi connectivity index (χ1n) is 6.61. The lowest BCUT2D eigenvalue weighted by atomic mass is 10.0. The predicted octanol–water partition coefficient (Wildman–Crippen LogP) is 2.36. The molecule has 0 aliphatic rings. The quantitative estimate of drug-likeness (QED) is 0.847. The van der Waals surface area contributed by atoms with Crippen LogP contribution in [0, 0.1) is 0 Å². The van der Waals surface area contributed by atoms with Crippen LogP contribution in [0.4, 0.5) is 0 Å². The fourth-order valence-electron chi connectivity index (χ4n) is 2.11. The summed E-state index contributed by atoms with van der Waals surface area (Å²) in [5, 5.41) is 13.2. The van der Waals surface area contributed by atoms with Gasteiger partial charge in [0.15, 0.2) is 0 Å². The number of carbonyl (C=O) groups excluding carboxylic acids is 1. The molecule has 0 aliphatic heterocycles. The van der Waals surface area contributed by atoms with Crippen LogP contribution in [0.15, 0.2) is 42.5 Å². The second kappa shape index (κ2) is 6.70. The van der Waals surface area contributed by atoms with Gasteiger partial charge in [0.1, 0.15) is 6.54 Å². The number of benzene rings is 2. The number of fused-ring (bicyclic) bond motifs is 1. The van der Waals surface area contributed by atoms with Gasteiger partial charge in [0.05, 0.1) is 0 Å². The lowest BCUT2D eigenvalue weighted by Gasteiger charge is -2.04. The summed E-state index contributed by atoms with van der Waals surface area (Å²) in [5.41, 5.74) is 1.19. The van der Waals surface area contributed by atoms with Crippen molar-refractivity contribution in [1.82, 2.24) is 5.32 Å². The summed E-state index contributed by atoms with van der Waals surface area (Å²) in [4.78, 5) is 21.7. The number of carboxylic acids is 1. The summed E-state index contributed by atoms with van der Waals surface area (Å²) in [7, 11) is 0. The average Bonchev–Trinajstić information content (AvgIpc) is 2.45. The summed E-state index contributed by atoms with van der Waals surface area (Å²) < 4.78 is 0. The summed E-state index contributed by atoms with van der Waals surface area (Å²) in [6.45, 7) is -0.311. The highest BCUT2D eigenvalue weighted by atomic mass is 16.4. The minimum absolute atomic E-state index is 0.215. The second-order valence-electron chi connectivity index (χ2n) is 4.71. The fraction of sp³-hybridized carbons (Fsp3) is 0.250.